The number of para-hydroxylation sites is 1. The minimum atomic E-state index is -0.889. The molecule has 0 amide bonds. The summed E-state index contributed by atoms with van der Waals surface area (Å²) in [5.41, 5.74) is 3.73. The summed E-state index contributed by atoms with van der Waals surface area (Å²) in [6, 6.07) is 14.2. The number of benzene rings is 2. The van der Waals surface area contributed by atoms with Gasteiger partial charge in [0.05, 0.1) is 11.1 Å². The van der Waals surface area contributed by atoms with Crippen molar-refractivity contribution in [3.05, 3.63) is 75.9 Å². The zero-order valence-electron chi connectivity index (χ0n) is 15.6. The first-order valence-corrected chi connectivity index (χ1v) is 9.83. The molecule has 0 saturated heterocycles. The highest BCUT2D eigenvalue weighted by Crippen LogP contribution is 2.30. The van der Waals surface area contributed by atoms with E-state index in [0.29, 0.717) is 16.1 Å². The van der Waals surface area contributed by atoms with Gasteiger partial charge in [-0.1, -0.05) is 29.8 Å². The Kier molecular flexibility index (Phi) is 5.14. The lowest BCUT2D eigenvalue weighted by Gasteiger charge is -2.21. The molecule has 0 aliphatic heterocycles. The van der Waals surface area contributed by atoms with E-state index in [4.69, 9.17) is 21.3 Å². The maximum Gasteiger partial charge on any atom is 0.339 e. The lowest BCUT2D eigenvalue weighted by molar-refractivity contribution is 0.0319. The number of fused-ring (bicyclic) bond motifs is 2. The third-order valence-corrected chi connectivity index (χ3v) is 5.41. The second kappa shape index (κ2) is 7.72. The second-order valence-corrected chi connectivity index (χ2v) is 7.49. The van der Waals surface area contributed by atoms with Crippen LogP contribution in [0.5, 0.6) is 0 Å². The van der Waals surface area contributed by atoms with Crippen molar-refractivity contribution in [1.29, 1.82) is 0 Å². The molecular weight excluding hydrogens is 374 g/mol. The van der Waals surface area contributed by atoms with Crippen LogP contribution in [0.15, 0.2) is 48.5 Å². The van der Waals surface area contributed by atoms with Crippen LogP contribution in [0.1, 0.15) is 51.7 Å². The van der Waals surface area contributed by atoms with Gasteiger partial charge >= 0.3 is 5.97 Å². The normalized spacial score (nSPS) is 14.4. The van der Waals surface area contributed by atoms with Crippen LogP contribution in [-0.4, -0.2) is 22.8 Å². The number of Topliss-reactive ketones (excluding diaryl/α,β-unsaturated/α-hetero) is 1. The molecule has 2 aromatic carbocycles. The number of halogens is 1. The summed E-state index contributed by atoms with van der Waals surface area (Å²) in [5, 5.41) is 1.33. The summed E-state index contributed by atoms with van der Waals surface area (Å²) >= 11 is 5.88. The number of hydrogen-bond acceptors (Lipinski definition) is 4. The van der Waals surface area contributed by atoms with E-state index in [2.05, 4.69) is 0 Å². The Labute approximate surface area is 168 Å². The lowest BCUT2D eigenvalue weighted by Crippen LogP contribution is -2.26. The molecule has 4 rings (SSSR count). The van der Waals surface area contributed by atoms with E-state index >= 15 is 0 Å². The molecule has 0 N–H and O–H groups in total. The Hall–Kier alpha value is -2.72. The van der Waals surface area contributed by atoms with Gasteiger partial charge in [0.2, 0.25) is 5.78 Å². The van der Waals surface area contributed by atoms with Gasteiger partial charge in [-0.3, -0.25) is 9.78 Å². The van der Waals surface area contributed by atoms with Crippen molar-refractivity contribution in [2.45, 2.75) is 38.7 Å². The van der Waals surface area contributed by atoms with Gasteiger partial charge in [0.25, 0.3) is 0 Å². The van der Waals surface area contributed by atoms with Gasteiger partial charge in [0.15, 0.2) is 6.10 Å². The number of ether oxygens (including phenoxy) is 1. The molecule has 3 aromatic rings. The van der Waals surface area contributed by atoms with E-state index in [1.807, 2.05) is 24.3 Å². The molecule has 4 nitrogen and oxygen atoms in total. The van der Waals surface area contributed by atoms with Crippen LogP contribution in [0, 0.1) is 0 Å². The zero-order valence-corrected chi connectivity index (χ0v) is 16.3. The number of carbonyl (C=O) groups is 2. The van der Waals surface area contributed by atoms with Gasteiger partial charge in [-0.25, -0.2) is 4.79 Å². The van der Waals surface area contributed by atoms with Crippen LogP contribution < -0.4 is 0 Å². The van der Waals surface area contributed by atoms with Gasteiger partial charge in [0, 0.05) is 21.7 Å². The number of ketones is 1. The molecular formula is C23H20ClNO3. The number of aryl methyl sites for hydroxylation is 1. The molecule has 5 heteroatoms. The molecule has 1 aromatic heterocycles. The number of carbonyl (C=O) groups excluding carboxylic acids is 2. The van der Waals surface area contributed by atoms with Crippen molar-refractivity contribution in [2.24, 2.45) is 0 Å². The molecule has 0 unspecified atom stereocenters. The smallest absolute Gasteiger partial charge is 0.339 e. The molecule has 1 aliphatic carbocycles. The van der Waals surface area contributed by atoms with E-state index in [9.17, 15) is 9.59 Å². The molecule has 1 atom stereocenters. The minimum Gasteiger partial charge on any atom is -0.451 e. The fourth-order valence-corrected chi connectivity index (χ4v) is 3.85. The van der Waals surface area contributed by atoms with Gasteiger partial charge in [-0.05, 0) is 68.5 Å². The van der Waals surface area contributed by atoms with Crippen LogP contribution in [0.2, 0.25) is 5.02 Å². The van der Waals surface area contributed by atoms with Gasteiger partial charge < -0.3 is 4.74 Å². The van der Waals surface area contributed by atoms with Crippen LogP contribution in [0.4, 0.5) is 0 Å². The minimum absolute atomic E-state index is 0.253. The first kappa shape index (κ1) is 18.6. The predicted molar refractivity (Wildman–Crippen MR) is 109 cm³/mol. The Morgan fingerprint density at radius 1 is 1.04 bits per heavy atom. The summed E-state index contributed by atoms with van der Waals surface area (Å²) in [6.45, 7) is 1.60. The summed E-state index contributed by atoms with van der Waals surface area (Å²) in [5.74, 6) is -0.719. The lowest BCUT2D eigenvalue weighted by atomic mass is 9.90. The molecule has 142 valence electrons. The van der Waals surface area contributed by atoms with Gasteiger partial charge in [-0.2, -0.15) is 0 Å². The maximum atomic E-state index is 13.1. The van der Waals surface area contributed by atoms with Crippen LogP contribution in [-0.2, 0) is 17.6 Å². The standard InChI is InChI=1S/C23H20ClNO3/c1-14(22(26)15-10-12-16(24)13-11-15)28-23(27)21-17-6-2-4-8-19(17)25-20-9-5-3-7-18(20)21/h2,4,6,8,10-14H,3,5,7,9H2,1H3/t14-/m1/s1. The maximum absolute atomic E-state index is 13.1. The van der Waals surface area contributed by atoms with E-state index < -0.39 is 12.1 Å². The van der Waals surface area contributed by atoms with E-state index in [1.54, 1.807) is 31.2 Å². The fraction of sp³-hybridized carbons (Fsp3) is 0.261. The topological polar surface area (TPSA) is 56.3 Å². The third-order valence-electron chi connectivity index (χ3n) is 5.16. The third kappa shape index (κ3) is 3.52. The molecule has 0 fully saturated rings. The zero-order chi connectivity index (χ0) is 19.7. The van der Waals surface area contributed by atoms with Crippen molar-refractivity contribution in [3.8, 4) is 0 Å². The van der Waals surface area contributed by atoms with E-state index in [0.717, 1.165) is 47.8 Å². The average Bonchev–Trinajstić information content (AvgIpc) is 2.71. The van der Waals surface area contributed by atoms with E-state index in [-0.39, 0.29) is 5.78 Å². The SMILES string of the molecule is C[C@@H](OC(=O)c1c2c(nc3ccccc13)CCCC2)C(=O)c1ccc(Cl)cc1. The van der Waals surface area contributed by atoms with Gasteiger partial charge in [0.1, 0.15) is 0 Å². The number of nitrogens with zero attached hydrogens (tertiary/aromatic N) is 1. The van der Waals surface area contributed by atoms with Crippen molar-refractivity contribution in [2.75, 3.05) is 0 Å². The van der Waals surface area contributed by atoms with Gasteiger partial charge in [-0.15, -0.1) is 0 Å². The first-order chi connectivity index (χ1) is 13.5. The van der Waals surface area contributed by atoms with Crippen molar-refractivity contribution >= 4 is 34.3 Å². The van der Waals surface area contributed by atoms with Crippen LogP contribution in [0.25, 0.3) is 10.9 Å². The molecule has 28 heavy (non-hydrogen) atoms. The largest absolute Gasteiger partial charge is 0.451 e. The van der Waals surface area contributed by atoms with Crippen molar-refractivity contribution in [1.82, 2.24) is 4.98 Å². The molecule has 0 saturated carbocycles. The molecule has 1 heterocycles. The second-order valence-electron chi connectivity index (χ2n) is 7.05. The average molecular weight is 394 g/mol. The molecule has 0 spiro atoms. The number of pyridine rings is 1. The Balaban J connectivity index is 1.67. The number of rotatable bonds is 4. The molecule has 1 aliphatic rings. The van der Waals surface area contributed by atoms with Crippen molar-refractivity contribution < 1.29 is 14.3 Å². The molecule has 0 radical (unpaired) electrons. The highest BCUT2D eigenvalue weighted by Gasteiger charge is 2.26. The van der Waals surface area contributed by atoms with Crippen molar-refractivity contribution in [3.63, 3.8) is 0 Å². The Morgan fingerprint density at radius 2 is 1.75 bits per heavy atom. The predicted octanol–water partition coefficient (Wildman–Crippen LogP) is 5.20. The number of aromatic nitrogens is 1. The summed E-state index contributed by atoms with van der Waals surface area (Å²) < 4.78 is 5.61. The summed E-state index contributed by atoms with van der Waals surface area (Å²) in [4.78, 5) is 30.5. The Bertz CT molecular complexity index is 1060. The van der Waals surface area contributed by atoms with E-state index in [1.165, 1.54) is 0 Å². The summed E-state index contributed by atoms with van der Waals surface area (Å²) in [6.07, 6.45) is 2.86. The number of hydrogen-bond donors (Lipinski definition) is 0. The molecule has 0 bridgehead atoms. The monoisotopic (exact) mass is 393 g/mol. The first-order valence-electron chi connectivity index (χ1n) is 9.46. The summed E-state index contributed by atoms with van der Waals surface area (Å²) in [7, 11) is 0. The quantitative estimate of drug-likeness (QED) is 0.452. The van der Waals surface area contributed by atoms with Crippen LogP contribution in [0.3, 0.4) is 0 Å². The highest BCUT2D eigenvalue weighted by atomic mass is 35.5. The highest BCUT2D eigenvalue weighted by molar-refractivity contribution is 6.30. The van der Waals surface area contributed by atoms with Crippen LogP contribution >= 0.6 is 11.6 Å². The fourth-order valence-electron chi connectivity index (χ4n) is 3.73. The Morgan fingerprint density at radius 3 is 2.54 bits per heavy atom. The number of esters is 1.